The van der Waals surface area contributed by atoms with Crippen molar-refractivity contribution in [3.8, 4) is 22.4 Å². The number of rotatable bonds is 7. The number of aliphatic hydroxyl groups excluding tert-OH is 1. The molecule has 0 amide bonds. The number of fused-ring (bicyclic) bond motifs is 1. The zero-order chi connectivity index (χ0) is 25.4. The van der Waals surface area contributed by atoms with Crippen LogP contribution in [0.1, 0.15) is 34.2 Å². The van der Waals surface area contributed by atoms with Crippen molar-refractivity contribution < 1.29 is 9.90 Å². The number of hydrogen-bond acceptors (Lipinski definition) is 3. The summed E-state index contributed by atoms with van der Waals surface area (Å²) in [6, 6.07) is 27.3. The molecular weight excluding hydrogens is 446 g/mol. The fourth-order valence-electron chi connectivity index (χ4n) is 5.30. The van der Waals surface area contributed by atoms with Gasteiger partial charge < -0.3 is 9.67 Å². The number of Topliss-reactive ketones (excluding diaryl/α,β-unsaturated/α-hetero) is 1. The molecule has 0 radical (unpaired) electrons. The average Bonchev–Trinajstić information content (AvgIpc) is 3.32. The second-order valence-corrected chi connectivity index (χ2v) is 9.52. The van der Waals surface area contributed by atoms with Crippen LogP contribution in [-0.4, -0.2) is 31.3 Å². The molecule has 1 unspecified atom stereocenters. The lowest BCUT2D eigenvalue weighted by molar-refractivity contribution is 0.101. The van der Waals surface area contributed by atoms with Crippen molar-refractivity contribution in [1.82, 2.24) is 14.3 Å². The van der Waals surface area contributed by atoms with Crippen molar-refractivity contribution in [3.05, 3.63) is 101 Å². The first kappa shape index (κ1) is 23.8. The molecule has 0 saturated carbocycles. The van der Waals surface area contributed by atoms with E-state index < -0.39 is 6.10 Å². The van der Waals surface area contributed by atoms with E-state index in [1.54, 1.807) is 11.6 Å². The number of hydrogen-bond donors (Lipinski definition) is 1. The van der Waals surface area contributed by atoms with Gasteiger partial charge in [0.2, 0.25) is 0 Å². The Bertz CT molecular complexity index is 1550. The van der Waals surface area contributed by atoms with E-state index in [1.807, 2.05) is 38.1 Å². The van der Waals surface area contributed by atoms with E-state index in [0.29, 0.717) is 24.3 Å². The van der Waals surface area contributed by atoms with Crippen LogP contribution in [0.25, 0.3) is 33.3 Å². The second kappa shape index (κ2) is 9.59. The number of aryl methyl sites for hydroxylation is 2. The SMILES string of the molecule is CC(=O)c1c(C)nn(CC(O)Cn2c(-c3ccccc3)c(-c3ccccc3)c3cc(C)ccc32)c1C. The molecule has 0 fully saturated rings. The van der Waals surface area contributed by atoms with E-state index in [1.165, 1.54) is 5.56 Å². The molecule has 5 aromatic rings. The normalized spacial score (nSPS) is 12.2. The number of aromatic nitrogens is 3. The molecule has 0 spiro atoms. The largest absolute Gasteiger partial charge is 0.389 e. The Balaban J connectivity index is 1.65. The highest BCUT2D eigenvalue weighted by atomic mass is 16.3. The number of carbonyl (C=O) groups is 1. The molecule has 5 nitrogen and oxygen atoms in total. The van der Waals surface area contributed by atoms with Crippen molar-refractivity contribution in [2.24, 2.45) is 0 Å². The van der Waals surface area contributed by atoms with E-state index in [-0.39, 0.29) is 5.78 Å². The first-order valence-corrected chi connectivity index (χ1v) is 12.3. The van der Waals surface area contributed by atoms with Crippen LogP contribution in [0.15, 0.2) is 78.9 Å². The molecule has 0 bridgehead atoms. The third-order valence-electron chi connectivity index (χ3n) is 6.84. The molecule has 1 atom stereocenters. The molecule has 0 aliphatic rings. The van der Waals surface area contributed by atoms with Gasteiger partial charge >= 0.3 is 0 Å². The Morgan fingerprint density at radius 1 is 0.889 bits per heavy atom. The number of ketones is 1. The lowest BCUT2D eigenvalue weighted by Crippen LogP contribution is -2.24. The molecular formula is C31H31N3O2. The van der Waals surface area contributed by atoms with Crippen LogP contribution in [0.3, 0.4) is 0 Å². The van der Waals surface area contributed by atoms with Crippen LogP contribution in [-0.2, 0) is 13.1 Å². The highest BCUT2D eigenvalue weighted by molar-refractivity contribution is 6.04. The van der Waals surface area contributed by atoms with Gasteiger partial charge in [-0.1, -0.05) is 72.3 Å². The Hall–Kier alpha value is -3.96. The molecule has 1 N–H and O–H groups in total. The summed E-state index contributed by atoms with van der Waals surface area (Å²) in [6.07, 6.45) is -0.703. The maximum absolute atomic E-state index is 12.1. The van der Waals surface area contributed by atoms with E-state index in [0.717, 1.165) is 39.0 Å². The highest BCUT2D eigenvalue weighted by Gasteiger charge is 2.23. The fraction of sp³-hybridized carbons (Fsp3) is 0.226. The van der Waals surface area contributed by atoms with Crippen LogP contribution < -0.4 is 0 Å². The minimum atomic E-state index is -0.703. The van der Waals surface area contributed by atoms with Crippen LogP contribution in [0.5, 0.6) is 0 Å². The topological polar surface area (TPSA) is 60.1 Å². The molecule has 2 aromatic heterocycles. The third-order valence-corrected chi connectivity index (χ3v) is 6.84. The first-order chi connectivity index (χ1) is 17.3. The number of aliphatic hydroxyl groups is 1. The maximum atomic E-state index is 12.1. The molecule has 182 valence electrons. The quantitative estimate of drug-likeness (QED) is 0.278. The Morgan fingerprint density at radius 2 is 1.53 bits per heavy atom. The smallest absolute Gasteiger partial charge is 0.163 e. The molecule has 5 heteroatoms. The molecule has 0 aliphatic carbocycles. The molecule has 0 aliphatic heterocycles. The molecule has 36 heavy (non-hydrogen) atoms. The summed E-state index contributed by atoms with van der Waals surface area (Å²) in [5.41, 5.74) is 8.89. The lowest BCUT2D eigenvalue weighted by atomic mass is 9.98. The molecule has 5 rings (SSSR count). The minimum absolute atomic E-state index is 0.00335. The zero-order valence-corrected chi connectivity index (χ0v) is 21.2. The van der Waals surface area contributed by atoms with Crippen molar-refractivity contribution in [2.75, 3.05) is 0 Å². The van der Waals surface area contributed by atoms with Gasteiger partial charge in [0.05, 0.1) is 36.1 Å². The predicted molar refractivity (Wildman–Crippen MR) is 145 cm³/mol. The van der Waals surface area contributed by atoms with Crippen molar-refractivity contribution in [1.29, 1.82) is 0 Å². The summed E-state index contributed by atoms with van der Waals surface area (Å²) in [4.78, 5) is 12.1. The van der Waals surface area contributed by atoms with E-state index in [9.17, 15) is 9.90 Å². The summed E-state index contributed by atoms with van der Waals surface area (Å²) in [7, 11) is 0. The van der Waals surface area contributed by atoms with Gasteiger partial charge in [-0.2, -0.15) is 5.10 Å². The average molecular weight is 478 g/mol. The van der Waals surface area contributed by atoms with Gasteiger partial charge in [0.15, 0.2) is 5.78 Å². The predicted octanol–water partition coefficient (Wildman–Crippen LogP) is 6.36. The number of benzene rings is 3. The Kier molecular flexibility index (Phi) is 6.33. The highest BCUT2D eigenvalue weighted by Crippen LogP contribution is 2.41. The zero-order valence-electron chi connectivity index (χ0n) is 21.2. The fourth-order valence-corrected chi connectivity index (χ4v) is 5.30. The van der Waals surface area contributed by atoms with Gasteiger partial charge in [-0.15, -0.1) is 0 Å². The van der Waals surface area contributed by atoms with Gasteiger partial charge in [-0.25, -0.2) is 0 Å². The number of nitrogens with zero attached hydrogens (tertiary/aromatic N) is 3. The lowest BCUT2D eigenvalue weighted by Gasteiger charge is -2.18. The van der Waals surface area contributed by atoms with Gasteiger partial charge in [-0.3, -0.25) is 9.48 Å². The van der Waals surface area contributed by atoms with Crippen molar-refractivity contribution >= 4 is 16.7 Å². The summed E-state index contributed by atoms with van der Waals surface area (Å²) in [5.74, 6) is -0.00335. The van der Waals surface area contributed by atoms with Crippen LogP contribution >= 0.6 is 0 Å². The maximum Gasteiger partial charge on any atom is 0.163 e. The van der Waals surface area contributed by atoms with Crippen LogP contribution in [0.4, 0.5) is 0 Å². The third kappa shape index (κ3) is 4.27. The van der Waals surface area contributed by atoms with Crippen molar-refractivity contribution in [3.63, 3.8) is 0 Å². The van der Waals surface area contributed by atoms with E-state index in [4.69, 9.17) is 0 Å². The molecule has 2 heterocycles. The standard InChI is InChI=1S/C31H31N3O2/c1-20-15-16-28-27(17-20)30(24-11-7-5-8-12-24)31(25-13-9-6-10-14-25)33(28)18-26(36)19-34-22(3)29(23(4)35)21(2)32-34/h5-17,26,36H,18-19H2,1-4H3. The van der Waals surface area contributed by atoms with Crippen molar-refractivity contribution in [2.45, 2.75) is 46.9 Å². The monoisotopic (exact) mass is 477 g/mol. The van der Waals surface area contributed by atoms with E-state index >= 15 is 0 Å². The van der Waals surface area contributed by atoms with Gasteiger partial charge in [-0.05, 0) is 51.0 Å². The van der Waals surface area contributed by atoms with Gasteiger partial charge in [0, 0.05) is 22.2 Å². The number of carbonyl (C=O) groups excluding carboxylic acids is 1. The summed E-state index contributed by atoms with van der Waals surface area (Å²) < 4.78 is 3.99. The van der Waals surface area contributed by atoms with Crippen LogP contribution in [0.2, 0.25) is 0 Å². The van der Waals surface area contributed by atoms with Crippen LogP contribution in [0, 0.1) is 20.8 Å². The second-order valence-electron chi connectivity index (χ2n) is 9.52. The summed E-state index contributed by atoms with van der Waals surface area (Å²) >= 11 is 0. The molecule has 0 saturated heterocycles. The Morgan fingerprint density at radius 3 is 2.14 bits per heavy atom. The van der Waals surface area contributed by atoms with Gasteiger partial charge in [0.25, 0.3) is 0 Å². The first-order valence-electron chi connectivity index (χ1n) is 12.3. The summed E-state index contributed by atoms with van der Waals surface area (Å²) in [5, 5.41) is 17.0. The van der Waals surface area contributed by atoms with E-state index in [2.05, 4.69) is 71.2 Å². The molecule has 3 aromatic carbocycles. The Labute approximate surface area is 211 Å². The van der Waals surface area contributed by atoms with Gasteiger partial charge in [0.1, 0.15) is 0 Å². The minimum Gasteiger partial charge on any atom is -0.389 e. The summed E-state index contributed by atoms with van der Waals surface area (Å²) in [6.45, 7) is 8.10.